The molecule has 268 valence electrons. The lowest BCUT2D eigenvalue weighted by atomic mass is 9.81. The summed E-state index contributed by atoms with van der Waals surface area (Å²) in [5, 5.41) is 12.0. The minimum atomic E-state index is -3.71. The minimum absolute atomic E-state index is 0.375. The van der Waals surface area contributed by atoms with Gasteiger partial charge in [-0.05, 0) is 97.0 Å². The molecular formula is C51H33N4OP. The maximum atomic E-state index is 16.6. The standard InChI is InChI=1S/C51H33N4OP/c1-51(2)43-27-34(21-22-39(43)42-28-40-37-13-5-3-11-35(37)36-12-4-6-14-38(36)41(40)29-44(42)51)57(56,45-23-19-32-17-15-30-9-7-25-52-47(30)49(32)54-45)46-24-20-33-18-16-31-10-8-26-53-48(31)50(33)55-46/h3-29H,1-2H3. The Morgan fingerprint density at radius 1 is 0.421 bits per heavy atom. The third-order valence-electron chi connectivity index (χ3n) is 12.4. The van der Waals surface area contributed by atoms with Crippen molar-refractivity contribution < 1.29 is 4.57 Å². The van der Waals surface area contributed by atoms with Crippen molar-refractivity contribution in [3.05, 3.63) is 175 Å². The number of aromatic nitrogens is 4. The second kappa shape index (κ2) is 11.6. The van der Waals surface area contributed by atoms with E-state index in [1.165, 1.54) is 43.4 Å². The van der Waals surface area contributed by atoms with Crippen molar-refractivity contribution in [1.82, 2.24) is 19.9 Å². The molecule has 0 bridgehead atoms. The summed E-state index contributed by atoms with van der Waals surface area (Å²) in [6, 6.07) is 52.7. The highest BCUT2D eigenvalue weighted by Crippen LogP contribution is 2.53. The summed E-state index contributed by atoms with van der Waals surface area (Å²) in [7, 11) is -3.71. The topological polar surface area (TPSA) is 68.6 Å². The van der Waals surface area contributed by atoms with E-state index in [1.54, 1.807) is 12.4 Å². The predicted molar refractivity (Wildman–Crippen MR) is 237 cm³/mol. The smallest absolute Gasteiger partial charge is 0.206 e. The fourth-order valence-electron chi connectivity index (χ4n) is 9.48. The van der Waals surface area contributed by atoms with Crippen LogP contribution in [0.4, 0.5) is 0 Å². The van der Waals surface area contributed by atoms with Crippen molar-refractivity contribution in [3.8, 4) is 11.1 Å². The van der Waals surface area contributed by atoms with Gasteiger partial charge in [-0.25, -0.2) is 9.97 Å². The maximum absolute atomic E-state index is 16.6. The van der Waals surface area contributed by atoms with Gasteiger partial charge < -0.3 is 4.57 Å². The fourth-order valence-corrected chi connectivity index (χ4v) is 11.9. The van der Waals surface area contributed by atoms with Crippen LogP contribution in [0, 0.1) is 0 Å². The number of rotatable bonds is 3. The molecule has 0 spiro atoms. The van der Waals surface area contributed by atoms with E-state index >= 15 is 4.57 Å². The Bertz CT molecular complexity index is 3490. The maximum Gasteiger partial charge on any atom is 0.206 e. The first kappa shape index (κ1) is 32.4. The Balaban J connectivity index is 1.12. The van der Waals surface area contributed by atoms with E-state index in [2.05, 4.69) is 111 Å². The van der Waals surface area contributed by atoms with Gasteiger partial charge >= 0.3 is 0 Å². The van der Waals surface area contributed by atoms with Crippen molar-refractivity contribution >= 4 is 99.2 Å². The Kier molecular flexibility index (Phi) is 6.61. The molecule has 0 atom stereocenters. The molecule has 11 aromatic rings. The van der Waals surface area contributed by atoms with E-state index in [4.69, 9.17) is 19.9 Å². The van der Waals surface area contributed by atoms with Gasteiger partial charge in [0.15, 0.2) is 0 Å². The fraction of sp³-hybridized carbons (Fsp3) is 0.0588. The van der Waals surface area contributed by atoms with Gasteiger partial charge in [-0.2, -0.15) is 0 Å². The lowest BCUT2D eigenvalue weighted by Crippen LogP contribution is -2.30. The highest BCUT2D eigenvalue weighted by atomic mass is 31.2. The Morgan fingerprint density at radius 2 is 0.877 bits per heavy atom. The van der Waals surface area contributed by atoms with Gasteiger partial charge in [0, 0.05) is 44.7 Å². The Hall–Kier alpha value is -6.81. The van der Waals surface area contributed by atoms with Crippen LogP contribution in [0.1, 0.15) is 25.0 Å². The van der Waals surface area contributed by atoms with Crippen LogP contribution >= 0.6 is 7.14 Å². The van der Waals surface area contributed by atoms with Crippen LogP contribution in [0.2, 0.25) is 0 Å². The molecule has 0 saturated carbocycles. The van der Waals surface area contributed by atoms with Gasteiger partial charge in [0.2, 0.25) is 7.14 Å². The molecule has 6 heteroatoms. The summed E-state index contributed by atoms with van der Waals surface area (Å²) < 4.78 is 16.6. The molecule has 0 saturated heterocycles. The molecule has 4 aromatic heterocycles. The molecule has 1 aliphatic rings. The molecule has 0 fully saturated rings. The van der Waals surface area contributed by atoms with Gasteiger partial charge in [-0.1, -0.05) is 123 Å². The first-order chi connectivity index (χ1) is 27.9. The normalized spacial score (nSPS) is 13.6. The van der Waals surface area contributed by atoms with Gasteiger partial charge in [0.05, 0.1) is 22.1 Å². The SMILES string of the molecule is CC1(C)c2cc(P(=O)(c3ccc4ccc5cccnc5c4n3)c3ccc4ccc5cccnc5c4n3)ccc2-c2cc3c4ccccc4c4ccccc4c3cc21. The van der Waals surface area contributed by atoms with E-state index in [1.807, 2.05) is 54.6 Å². The highest BCUT2D eigenvalue weighted by Gasteiger charge is 2.40. The summed E-state index contributed by atoms with van der Waals surface area (Å²) >= 11 is 0. The molecule has 5 nitrogen and oxygen atoms in total. The minimum Gasteiger partial charge on any atom is -0.305 e. The average Bonchev–Trinajstić information content (AvgIpc) is 3.49. The van der Waals surface area contributed by atoms with Gasteiger partial charge in [0.25, 0.3) is 0 Å². The summed E-state index contributed by atoms with van der Waals surface area (Å²) in [4.78, 5) is 20.0. The second-order valence-corrected chi connectivity index (χ2v) is 18.4. The third-order valence-corrected chi connectivity index (χ3v) is 15.2. The van der Waals surface area contributed by atoms with Crippen molar-refractivity contribution in [2.45, 2.75) is 19.3 Å². The van der Waals surface area contributed by atoms with E-state index in [0.717, 1.165) is 54.7 Å². The summed E-state index contributed by atoms with van der Waals surface area (Å²) in [6.45, 7) is 4.58. The summed E-state index contributed by atoms with van der Waals surface area (Å²) in [6.07, 6.45) is 3.57. The van der Waals surface area contributed by atoms with E-state index < -0.39 is 7.14 Å². The molecule has 57 heavy (non-hydrogen) atoms. The van der Waals surface area contributed by atoms with Gasteiger partial charge in [-0.3, -0.25) is 9.97 Å². The number of fused-ring (bicyclic) bond motifs is 15. The lowest BCUT2D eigenvalue weighted by molar-refractivity contribution is 0.591. The average molecular weight is 749 g/mol. The third kappa shape index (κ3) is 4.49. The summed E-state index contributed by atoms with van der Waals surface area (Å²) in [5.74, 6) is 0. The number of pyridine rings is 4. The molecule has 0 aliphatic heterocycles. The molecule has 0 radical (unpaired) electrons. The number of hydrogen-bond donors (Lipinski definition) is 0. The molecular weight excluding hydrogens is 716 g/mol. The van der Waals surface area contributed by atoms with E-state index in [9.17, 15) is 0 Å². The number of benzene rings is 7. The molecule has 1 aliphatic carbocycles. The van der Waals surface area contributed by atoms with Crippen molar-refractivity contribution in [3.63, 3.8) is 0 Å². The van der Waals surface area contributed by atoms with E-state index in [-0.39, 0.29) is 5.41 Å². The van der Waals surface area contributed by atoms with Crippen molar-refractivity contribution in [2.24, 2.45) is 0 Å². The van der Waals surface area contributed by atoms with E-state index in [0.29, 0.717) is 16.2 Å². The summed E-state index contributed by atoms with van der Waals surface area (Å²) in [5.41, 5.74) is 8.36. The quantitative estimate of drug-likeness (QED) is 0.133. The largest absolute Gasteiger partial charge is 0.305 e. The lowest BCUT2D eigenvalue weighted by Gasteiger charge is -2.24. The van der Waals surface area contributed by atoms with Crippen LogP contribution in [-0.4, -0.2) is 19.9 Å². The van der Waals surface area contributed by atoms with Gasteiger partial charge in [-0.15, -0.1) is 0 Å². The van der Waals surface area contributed by atoms with Crippen molar-refractivity contribution in [2.75, 3.05) is 0 Å². The van der Waals surface area contributed by atoms with Crippen molar-refractivity contribution in [1.29, 1.82) is 0 Å². The zero-order valence-electron chi connectivity index (χ0n) is 31.2. The second-order valence-electron chi connectivity index (χ2n) is 15.8. The monoisotopic (exact) mass is 748 g/mol. The number of nitrogens with zero attached hydrogens (tertiary/aromatic N) is 4. The molecule has 0 amide bonds. The van der Waals surface area contributed by atoms with Crippen LogP contribution in [0.25, 0.3) is 87.1 Å². The Labute approximate surface area is 328 Å². The first-order valence-corrected chi connectivity index (χ1v) is 21.0. The molecule has 12 rings (SSSR count). The zero-order chi connectivity index (χ0) is 38.0. The first-order valence-electron chi connectivity index (χ1n) is 19.3. The van der Waals surface area contributed by atoms with Crippen LogP contribution in [-0.2, 0) is 9.98 Å². The molecule has 0 unspecified atom stereocenters. The molecule has 0 N–H and O–H groups in total. The Morgan fingerprint density at radius 3 is 1.42 bits per heavy atom. The zero-order valence-corrected chi connectivity index (χ0v) is 32.1. The number of hydrogen-bond acceptors (Lipinski definition) is 5. The van der Waals surface area contributed by atoms with Crippen LogP contribution in [0.5, 0.6) is 0 Å². The highest BCUT2D eigenvalue weighted by molar-refractivity contribution is 7.85. The van der Waals surface area contributed by atoms with Gasteiger partial charge in [0.1, 0.15) is 10.9 Å². The van der Waals surface area contributed by atoms with Crippen LogP contribution in [0.15, 0.2) is 164 Å². The molecule has 4 heterocycles. The van der Waals surface area contributed by atoms with Crippen LogP contribution in [0.3, 0.4) is 0 Å². The van der Waals surface area contributed by atoms with Crippen LogP contribution < -0.4 is 16.2 Å². The predicted octanol–water partition coefficient (Wildman–Crippen LogP) is 11.3. The molecule has 7 aromatic carbocycles.